The summed E-state index contributed by atoms with van der Waals surface area (Å²) in [7, 11) is 1.57. The standard InChI is InChI=1S/C15H14ClF3N4O/c1-20-13-12(7-21-8-22-13)23-14(24)11(6-15(17,18)19)9-3-2-4-10(16)5-9/h2-5,7-8,11H,6H2,1H3,(H,23,24)(H,20,21,22). The van der Waals surface area contributed by atoms with Gasteiger partial charge in [-0.2, -0.15) is 13.2 Å². The Hall–Kier alpha value is -2.35. The number of rotatable bonds is 5. The Balaban J connectivity index is 2.31. The molecule has 0 saturated heterocycles. The first kappa shape index (κ1) is 18.0. The molecular formula is C15H14ClF3N4O. The van der Waals surface area contributed by atoms with Gasteiger partial charge in [0.25, 0.3) is 0 Å². The molecule has 0 fully saturated rings. The van der Waals surface area contributed by atoms with Crippen LogP contribution in [0.3, 0.4) is 0 Å². The van der Waals surface area contributed by atoms with Crippen molar-refractivity contribution in [2.45, 2.75) is 18.5 Å². The first-order valence-electron chi connectivity index (χ1n) is 6.91. The van der Waals surface area contributed by atoms with E-state index in [2.05, 4.69) is 20.6 Å². The van der Waals surface area contributed by atoms with Crippen LogP contribution in [-0.2, 0) is 4.79 Å². The van der Waals surface area contributed by atoms with Crippen LogP contribution in [0.4, 0.5) is 24.7 Å². The minimum Gasteiger partial charge on any atom is -0.371 e. The lowest BCUT2D eigenvalue weighted by atomic mass is 9.94. The van der Waals surface area contributed by atoms with Crippen LogP contribution in [0.25, 0.3) is 0 Å². The second-order valence-corrected chi connectivity index (χ2v) is 5.39. The predicted octanol–water partition coefficient (Wildman–Crippen LogP) is 3.85. The van der Waals surface area contributed by atoms with E-state index in [-0.39, 0.29) is 16.3 Å². The van der Waals surface area contributed by atoms with E-state index in [1.165, 1.54) is 36.8 Å². The molecule has 0 saturated carbocycles. The van der Waals surface area contributed by atoms with Crippen molar-refractivity contribution in [1.29, 1.82) is 0 Å². The van der Waals surface area contributed by atoms with Gasteiger partial charge < -0.3 is 10.6 Å². The smallest absolute Gasteiger partial charge is 0.371 e. The number of amides is 1. The summed E-state index contributed by atoms with van der Waals surface area (Å²) < 4.78 is 38.7. The van der Waals surface area contributed by atoms with E-state index < -0.39 is 24.4 Å². The van der Waals surface area contributed by atoms with Gasteiger partial charge in [-0.05, 0) is 17.7 Å². The van der Waals surface area contributed by atoms with Crippen LogP contribution in [-0.4, -0.2) is 29.1 Å². The highest BCUT2D eigenvalue weighted by atomic mass is 35.5. The van der Waals surface area contributed by atoms with Crippen LogP contribution in [0.5, 0.6) is 0 Å². The molecule has 2 aromatic rings. The Kier molecular flexibility index (Phi) is 5.61. The largest absolute Gasteiger partial charge is 0.390 e. The van der Waals surface area contributed by atoms with Gasteiger partial charge in [0.2, 0.25) is 5.91 Å². The van der Waals surface area contributed by atoms with E-state index in [1.807, 2.05) is 0 Å². The van der Waals surface area contributed by atoms with Gasteiger partial charge in [-0.1, -0.05) is 23.7 Å². The highest BCUT2D eigenvalue weighted by Gasteiger charge is 2.36. The molecule has 0 radical (unpaired) electrons. The van der Waals surface area contributed by atoms with E-state index in [4.69, 9.17) is 11.6 Å². The van der Waals surface area contributed by atoms with Crippen LogP contribution in [0, 0.1) is 0 Å². The third kappa shape index (κ3) is 4.82. The van der Waals surface area contributed by atoms with Gasteiger partial charge in [-0.3, -0.25) is 4.79 Å². The second-order valence-electron chi connectivity index (χ2n) is 4.95. The lowest BCUT2D eigenvalue weighted by Gasteiger charge is -2.19. The zero-order valence-electron chi connectivity index (χ0n) is 12.6. The average molecular weight is 359 g/mol. The van der Waals surface area contributed by atoms with Crippen LogP contribution in [0.15, 0.2) is 36.8 Å². The fourth-order valence-electron chi connectivity index (χ4n) is 2.16. The molecule has 9 heteroatoms. The van der Waals surface area contributed by atoms with E-state index in [0.717, 1.165) is 0 Å². The van der Waals surface area contributed by atoms with E-state index in [9.17, 15) is 18.0 Å². The van der Waals surface area contributed by atoms with Crippen molar-refractivity contribution in [3.63, 3.8) is 0 Å². The monoisotopic (exact) mass is 358 g/mol. The first-order chi connectivity index (χ1) is 11.3. The maximum absolute atomic E-state index is 12.9. The van der Waals surface area contributed by atoms with Gasteiger partial charge in [-0.25, -0.2) is 9.97 Å². The molecule has 2 N–H and O–H groups in total. The predicted molar refractivity (Wildman–Crippen MR) is 85.1 cm³/mol. The van der Waals surface area contributed by atoms with Gasteiger partial charge in [0.15, 0.2) is 5.82 Å². The molecule has 0 aliphatic rings. The van der Waals surface area contributed by atoms with Gasteiger partial charge in [0.1, 0.15) is 12.0 Å². The highest BCUT2D eigenvalue weighted by molar-refractivity contribution is 6.30. The molecule has 0 bridgehead atoms. The lowest BCUT2D eigenvalue weighted by molar-refractivity contribution is -0.146. The van der Waals surface area contributed by atoms with E-state index >= 15 is 0 Å². The van der Waals surface area contributed by atoms with Gasteiger partial charge in [0.05, 0.1) is 18.5 Å². The minimum absolute atomic E-state index is 0.181. The average Bonchev–Trinajstić information content (AvgIpc) is 2.52. The number of aromatic nitrogens is 2. The van der Waals surface area contributed by atoms with Crippen molar-refractivity contribution in [2.24, 2.45) is 0 Å². The van der Waals surface area contributed by atoms with E-state index in [0.29, 0.717) is 5.82 Å². The molecule has 1 aromatic heterocycles. The van der Waals surface area contributed by atoms with Gasteiger partial charge >= 0.3 is 6.18 Å². The highest BCUT2D eigenvalue weighted by Crippen LogP contribution is 2.33. The quantitative estimate of drug-likeness (QED) is 0.852. The Morgan fingerprint density at radius 1 is 1.38 bits per heavy atom. The summed E-state index contributed by atoms with van der Waals surface area (Å²) in [5, 5.41) is 5.42. The molecule has 24 heavy (non-hydrogen) atoms. The number of hydrogen-bond donors (Lipinski definition) is 2. The fraction of sp³-hybridized carbons (Fsp3) is 0.267. The SMILES string of the molecule is CNc1ncncc1NC(=O)C(CC(F)(F)F)c1cccc(Cl)c1. The summed E-state index contributed by atoms with van der Waals surface area (Å²) >= 11 is 5.83. The molecule has 1 atom stereocenters. The van der Waals surface area contributed by atoms with Crippen LogP contribution >= 0.6 is 11.6 Å². The zero-order valence-corrected chi connectivity index (χ0v) is 13.3. The van der Waals surface area contributed by atoms with Crippen molar-refractivity contribution in [3.8, 4) is 0 Å². The number of hydrogen-bond acceptors (Lipinski definition) is 4. The fourth-order valence-corrected chi connectivity index (χ4v) is 2.36. The normalized spacial score (nSPS) is 12.5. The molecule has 1 heterocycles. The molecular weight excluding hydrogens is 345 g/mol. The molecule has 2 rings (SSSR count). The summed E-state index contributed by atoms with van der Waals surface area (Å²) in [6.07, 6.45) is -3.25. The molecule has 0 aliphatic heterocycles. The zero-order chi connectivity index (χ0) is 17.7. The van der Waals surface area contributed by atoms with E-state index in [1.54, 1.807) is 7.05 Å². The number of benzene rings is 1. The van der Waals surface area contributed by atoms with Crippen LogP contribution in [0.1, 0.15) is 17.9 Å². The topological polar surface area (TPSA) is 66.9 Å². The Bertz CT molecular complexity index is 724. The number of carbonyl (C=O) groups is 1. The van der Waals surface area contributed by atoms with Crippen molar-refractivity contribution in [1.82, 2.24) is 9.97 Å². The first-order valence-corrected chi connectivity index (χ1v) is 7.29. The van der Waals surface area contributed by atoms with Crippen molar-refractivity contribution in [3.05, 3.63) is 47.4 Å². The Morgan fingerprint density at radius 3 is 2.75 bits per heavy atom. The third-order valence-electron chi connectivity index (χ3n) is 3.21. The number of alkyl halides is 3. The Labute approximate surface area is 141 Å². The third-order valence-corrected chi connectivity index (χ3v) is 3.45. The molecule has 0 aliphatic carbocycles. The summed E-state index contributed by atoms with van der Waals surface area (Å²) in [5.41, 5.74) is 0.374. The number of anilines is 2. The second kappa shape index (κ2) is 7.48. The summed E-state index contributed by atoms with van der Waals surface area (Å²) in [6.45, 7) is 0. The van der Waals surface area contributed by atoms with Crippen molar-refractivity contribution >= 4 is 29.0 Å². The van der Waals surface area contributed by atoms with Gasteiger partial charge in [-0.15, -0.1) is 0 Å². The lowest BCUT2D eigenvalue weighted by Crippen LogP contribution is -2.26. The maximum Gasteiger partial charge on any atom is 0.390 e. The molecule has 128 valence electrons. The summed E-state index contributed by atoms with van der Waals surface area (Å²) in [4.78, 5) is 20.1. The van der Waals surface area contributed by atoms with Crippen LogP contribution < -0.4 is 10.6 Å². The molecule has 5 nitrogen and oxygen atoms in total. The Morgan fingerprint density at radius 2 is 2.12 bits per heavy atom. The number of carbonyl (C=O) groups excluding carboxylic acids is 1. The van der Waals surface area contributed by atoms with Crippen molar-refractivity contribution in [2.75, 3.05) is 17.7 Å². The number of nitrogens with zero attached hydrogens (tertiary/aromatic N) is 2. The molecule has 1 unspecified atom stereocenters. The number of halogens is 4. The summed E-state index contributed by atoms with van der Waals surface area (Å²) in [6, 6.07) is 5.80. The molecule has 0 spiro atoms. The maximum atomic E-state index is 12.9. The minimum atomic E-state index is -4.51. The molecule has 1 aromatic carbocycles. The van der Waals surface area contributed by atoms with Gasteiger partial charge in [0, 0.05) is 12.1 Å². The summed E-state index contributed by atoms with van der Waals surface area (Å²) in [5.74, 6) is -1.95. The van der Waals surface area contributed by atoms with Crippen molar-refractivity contribution < 1.29 is 18.0 Å². The number of nitrogens with one attached hydrogen (secondary N) is 2. The molecule has 1 amide bonds. The van der Waals surface area contributed by atoms with Crippen LogP contribution in [0.2, 0.25) is 5.02 Å².